The van der Waals surface area contributed by atoms with Crippen LogP contribution in [-0.2, 0) is 49.5 Å². The van der Waals surface area contributed by atoms with Crippen LogP contribution in [0.15, 0.2) is 36.4 Å². The van der Waals surface area contributed by atoms with Crippen molar-refractivity contribution in [3.05, 3.63) is 53.1 Å². The van der Waals surface area contributed by atoms with Gasteiger partial charge in [-0.2, -0.15) is 0 Å². The van der Waals surface area contributed by atoms with Crippen LogP contribution in [0.3, 0.4) is 0 Å². The number of fused-ring (bicyclic) bond motifs is 1. The quantitative estimate of drug-likeness (QED) is 0.0858. The standard InChI is InChI=1S/C46H50O19/c1-9-35(47)56-26-21-28(57-36(48)10-2)27-23-34(63-46(55)25-19-32(60-39(51)13-5)45(65-42(54)16-8)33(20-25)61-40(52)14-6)43(62-29(27)22-26)24-17-30(58-37(49)11-3)44(64-41(53)15-7)31(18-24)59-38(50)12-4/h17-22,34,43H,9-16,23H2,1-8H3/t34-,43-/m1/s1. The molecule has 0 radical (unpaired) electrons. The molecule has 19 heteroatoms. The number of ether oxygens (including phenoxy) is 10. The largest absolute Gasteiger partial charge is 0.481 e. The van der Waals surface area contributed by atoms with E-state index in [0.717, 1.165) is 12.1 Å². The number of rotatable bonds is 19. The molecule has 0 N–H and O–H groups in total. The van der Waals surface area contributed by atoms with Gasteiger partial charge in [0.2, 0.25) is 11.5 Å². The zero-order valence-corrected chi connectivity index (χ0v) is 37.2. The highest BCUT2D eigenvalue weighted by molar-refractivity contribution is 5.93. The summed E-state index contributed by atoms with van der Waals surface area (Å²) in [6, 6.07) is 7.17. The van der Waals surface area contributed by atoms with Crippen LogP contribution in [-0.4, -0.2) is 59.8 Å². The maximum Gasteiger partial charge on any atom is 0.338 e. The molecule has 4 rings (SSSR count). The van der Waals surface area contributed by atoms with E-state index < -0.39 is 88.9 Å². The van der Waals surface area contributed by atoms with E-state index in [1.165, 1.54) is 65.8 Å². The monoisotopic (exact) mass is 906 g/mol. The second-order valence-corrected chi connectivity index (χ2v) is 13.9. The van der Waals surface area contributed by atoms with Gasteiger partial charge in [0.15, 0.2) is 29.1 Å². The summed E-state index contributed by atoms with van der Waals surface area (Å²) in [4.78, 5) is 115. The first-order chi connectivity index (χ1) is 31.0. The fourth-order valence-electron chi connectivity index (χ4n) is 5.67. The molecule has 0 amide bonds. The minimum Gasteiger partial charge on any atom is -0.481 e. The lowest BCUT2D eigenvalue weighted by molar-refractivity contribution is -0.137. The van der Waals surface area contributed by atoms with Gasteiger partial charge in [-0.3, -0.25) is 38.4 Å². The van der Waals surface area contributed by atoms with Gasteiger partial charge in [-0.15, -0.1) is 0 Å². The van der Waals surface area contributed by atoms with Gasteiger partial charge in [-0.25, -0.2) is 4.79 Å². The first-order valence-electron chi connectivity index (χ1n) is 21.1. The smallest absolute Gasteiger partial charge is 0.338 e. The Hall–Kier alpha value is -7.31. The second kappa shape index (κ2) is 23.4. The molecule has 3 aromatic rings. The van der Waals surface area contributed by atoms with Gasteiger partial charge < -0.3 is 47.4 Å². The minimum absolute atomic E-state index is 0.0163. The molecule has 1 heterocycles. The normalized spacial score (nSPS) is 13.7. The Morgan fingerprint density at radius 2 is 0.800 bits per heavy atom. The van der Waals surface area contributed by atoms with Gasteiger partial charge in [0.1, 0.15) is 23.4 Å². The van der Waals surface area contributed by atoms with Crippen LogP contribution in [0.1, 0.15) is 134 Å². The third kappa shape index (κ3) is 13.4. The summed E-state index contributed by atoms with van der Waals surface area (Å²) >= 11 is 0. The predicted octanol–water partition coefficient (Wildman–Crippen LogP) is 7.11. The third-order valence-corrected chi connectivity index (χ3v) is 9.12. The number of hydrogen-bond acceptors (Lipinski definition) is 19. The summed E-state index contributed by atoms with van der Waals surface area (Å²) in [5.74, 6) is -9.96. The Bertz CT molecular complexity index is 2270. The van der Waals surface area contributed by atoms with E-state index in [2.05, 4.69) is 0 Å². The summed E-state index contributed by atoms with van der Waals surface area (Å²) in [6.45, 7) is 12.1. The van der Waals surface area contributed by atoms with Crippen molar-refractivity contribution in [3.63, 3.8) is 0 Å². The lowest BCUT2D eigenvalue weighted by atomic mass is 9.93. The molecule has 0 saturated carbocycles. The summed E-state index contributed by atoms with van der Waals surface area (Å²) in [5.41, 5.74) is -0.194. The van der Waals surface area contributed by atoms with Gasteiger partial charge >= 0.3 is 53.7 Å². The summed E-state index contributed by atoms with van der Waals surface area (Å²) < 4.78 is 56.7. The Balaban J connectivity index is 2.02. The van der Waals surface area contributed by atoms with Crippen LogP contribution in [0.5, 0.6) is 51.7 Å². The van der Waals surface area contributed by atoms with Gasteiger partial charge in [-0.05, 0) is 24.3 Å². The van der Waals surface area contributed by atoms with Crippen molar-refractivity contribution in [2.24, 2.45) is 0 Å². The lowest BCUT2D eigenvalue weighted by Gasteiger charge is -2.35. The van der Waals surface area contributed by atoms with Gasteiger partial charge in [0.05, 0.1) is 5.56 Å². The first-order valence-corrected chi connectivity index (χ1v) is 21.1. The van der Waals surface area contributed by atoms with Crippen LogP contribution in [0.25, 0.3) is 0 Å². The van der Waals surface area contributed by atoms with E-state index in [9.17, 15) is 43.2 Å². The molecule has 0 bridgehead atoms. The third-order valence-electron chi connectivity index (χ3n) is 9.12. The number of carbonyl (C=O) groups excluding carboxylic acids is 9. The molecule has 1 aliphatic rings. The molecule has 0 fully saturated rings. The van der Waals surface area contributed by atoms with Crippen molar-refractivity contribution in [2.45, 2.75) is 125 Å². The molecule has 0 saturated heterocycles. The number of carbonyl (C=O) groups is 9. The van der Waals surface area contributed by atoms with E-state index >= 15 is 0 Å². The average Bonchev–Trinajstić information content (AvgIpc) is 3.29. The van der Waals surface area contributed by atoms with Gasteiger partial charge in [-0.1, -0.05) is 55.4 Å². The number of esters is 9. The fourth-order valence-corrected chi connectivity index (χ4v) is 5.67. The van der Waals surface area contributed by atoms with E-state index in [1.54, 1.807) is 13.8 Å². The highest BCUT2D eigenvalue weighted by atomic mass is 16.6. The Labute approximate surface area is 373 Å². The molecule has 19 nitrogen and oxygen atoms in total. The van der Waals surface area contributed by atoms with E-state index in [0.29, 0.717) is 0 Å². The van der Waals surface area contributed by atoms with Crippen LogP contribution in [0.4, 0.5) is 0 Å². The highest BCUT2D eigenvalue weighted by Gasteiger charge is 2.39. The number of hydrogen-bond donors (Lipinski definition) is 0. The second-order valence-electron chi connectivity index (χ2n) is 13.9. The topological polar surface area (TPSA) is 246 Å². The summed E-state index contributed by atoms with van der Waals surface area (Å²) in [6.07, 6.45) is -4.11. The number of benzene rings is 3. The highest BCUT2D eigenvalue weighted by Crippen LogP contribution is 2.48. The van der Waals surface area contributed by atoms with Crippen LogP contribution in [0.2, 0.25) is 0 Å². The van der Waals surface area contributed by atoms with Crippen LogP contribution >= 0.6 is 0 Å². The lowest BCUT2D eigenvalue weighted by Crippen LogP contribution is -2.35. The molecule has 0 spiro atoms. The van der Waals surface area contributed by atoms with E-state index in [1.807, 2.05) is 0 Å². The maximum absolute atomic E-state index is 14.4. The van der Waals surface area contributed by atoms with Crippen LogP contribution in [0, 0.1) is 0 Å². The zero-order chi connectivity index (χ0) is 48.0. The molecular formula is C46H50O19. The van der Waals surface area contributed by atoms with Gasteiger partial charge in [0, 0.05) is 81.0 Å². The van der Waals surface area contributed by atoms with Crippen molar-refractivity contribution in [1.82, 2.24) is 0 Å². The van der Waals surface area contributed by atoms with Crippen molar-refractivity contribution >= 4 is 53.7 Å². The molecule has 3 aromatic carbocycles. The Morgan fingerprint density at radius 3 is 1.20 bits per heavy atom. The molecule has 0 unspecified atom stereocenters. The molecule has 0 aliphatic carbocycles. The molecule has 2 atom stereocenters. The maximum atomic E-state index is 14.4. The Morgan fingerprint density at radius 1 is 0.446 bits per heavy atom. The predicted molar refractivity (Wildman–Crippen MR) is 223 cm³/mol. The van der Waals surface area contributed by atoms with Crippen molar-refractivity contribution in [2.75, 3.05) is 0 Å². The van der Waals surface area contributed by atoms with Crippen molar-refractivity contribution in [3.8, 4) is 51.7 Å². The molecule has 0 aromatic heterocycles. The fraction of sp³-hybridized carbons (Fsp3) is 0.413. The minimum atomic E-state index is -1.45. The average molecular weight is 907 g/mol. The molecule has 1 aliphatic heterocycles. The SMILES string of the molecule is CCC(=O)Oc1cc(OC(=O)CC)c2c(c1)O[C@H](c1cc(OC(=O)CC)c(OC(=O)CC)c(OC(=O)CC)c1)[C@H](OC(=O)c1cc(OC(=O)CC)c(OC(=O)CC)c(OC(=O)CC)c1)C2. The summed E-state index contributed by atoms with van der Waals surface area (Å²) in [5, 5.41) is 0. The van der Waals surface area contributed by atoms with E-state index in [4.69, 9.17) is 47.4 Å². The van der Waals surface area contributed by atoms with E-state index in [-0.39, 0.29) is 103 Å². The Kier molecular flexibility index (Phi) is 18.1. The van der Waals surface area contributed by atoms with Crippen molar-refractivity contribution < 1.29 is 90.5 Å². The molecule has 65 heavy (non-hydrogen) atoms. The van der Waals surface area contributed by atoms with Gasteiger partial charge in [0.25, 0.3) is 0 Å². The van der Waals surface area contributed by atoms with Crippen LogP contribution < -0.4 is 42.6 Å². The molecular weight excluding hydrogens is 856 g/mol. The summed E-state index contributed by atoms with van der Waals surface area (Å²) in [7, 11) is 0. The zero-order valence-electron chi connectivity index (χ0n) is 37.2. The molecule has 348 valence electrons. The first kappa shape index (κ1) is 50.3. The van der Waals surface area contributed by atoms with Crippen molar-refractivity contribution in [1.29, 1.82) is 0 Å².